The minimum Gasteiger partial charge on any atom is -0.288 e. The topological polar surface area (TPSA) is 90.9 Å². The van der Waals surface area contributed by atoms with Crippen LogP contribution >= 0.6 is 11.6 Å². The van der Waals surface area contributed by atoms with Crippen LogP contribution in [-0.4, -0.2) is 19.5 Å². The Morgan fingerprint density at radius 3 is 2.89 bits per heavy atom. The first-order chi connectivity index (χ1) is 8.56. The van der Waals surface area contributed by atoms with Crippen LogP contribution < -0.4 is 5.69 Å². The molecule has 0 atom stereocenters. The lowest BCUT2D eigenvalue weighted by atomic mass is 10.3. The Morgan fingerprint density at radius 2 is 2.22 bits per heavy atom. The molecule has 0 saturated carbocycles. The zero-order valence-electron chi connectivity index (χ0n) is 8.99. The summed E-state index contributed by atoms with van der Waals surface area (Å²) in [6.07, 6.45) is 3.56. The molecule has 7 nitrogen and oxygen atoms in total. The molecule has 18 heavy (non-hydrogen) atoms. The Morgan fingerprint density at radius 1 is 1.44 bits per heavy atom. The minimum atomic E-state index is -0.609. The third kappa shape index (κ3) is 2.69. The second-order valence-corrected chi connectivity index (χ2v) is 3.85. The van der Waals surface area contributed by atoms with E-state index in [1.54, 1.807) is 12.1 Å². The Kier molecular flexibility index (Phi) is 3.33. The van der Waals surface area contributed by atoms with E-state index < -0.39 is 10.6 Å². The molecule has 2 heterocycles. The van der Waals surface area contributed by atoms with Crippen molar-refractivity contribution in [1.82, 2.24) is 14.5 Å². The SMILES string of the molecule is O=c1ncc([N+](=O)[O-])cn1Cc1ccnc(Cl)c1. The smallest absolute Gasteiger partial charge is 0.288 e. The Balaban J connectivity index is 2.37. The van der Waals surface area contributed by atoms with Crippen molar-refractivity contribution < 1.29 is 4.92 Å². The molecule has 0 aliphatic rings. The van der Waals surface area contributed by atoms with E-state index in [1.165, 1.54) is 6.20 Å². The maximum atomic E-state index is 11.5. The molecule has 0 aliphatic carbocycles. The average molecular weight is 267 g/mol. The summed E-state index contributed by atoms with van der Waals surface area (Å²) in [5, 5.41) is 10.9. The third-order valence-corrected chi connectivity index (χ3v) is 2.40. The first kappa shape index (κ1) is 12.2. The molecule has 0 aliphatic heterocycles. The van der Waals surface area contributed by atoms with E-state index in [9.17, 15) is 14.9 Å². The van der Waals surface area contributed by atoms with Gasteiger partial charge < -0.3 is 0 Å². The summed E-state index contributed by atoms with van der Waals surface area (Å²) in [7, 11) is 0. The van der Waals surface area contributed by atoms with E-state index in [-0.39, 0.29) is 12.2 Å². The zero-order chi connectivity index (χ0) is 13.1. The van der Waals surface area contributed by atoms with Gasteiger partial charge in [-0.15, -0.1) is 0 Å². The van der Waals surface area contributed by atoms with Gasteiger partial charge in [0.15, 0.2) is 0 Å². The molecule has 2 aromatic heterocycles. The normalized spacial score (nSPS) is 10.3. The molecule has 0 saturated heterocycles. The number of aromatic nitrogens is 3. The van der Waals surface area contributed by atoms with Crippen molar-refractivity contribution >= 4 is 17.3 Å². The van der Waals surface area contributed by atoms with Gasteiger partial charge in [-0.2, -0.15) is 4.98 Å². The van der Waals surface area contributed by atoms with Crippen molar-refractivity contribution in [2.45, 2.75) is 6.54 Å². The number of halogens is 1. The van der Waals surface area contributed by atoms with E-state index in [0.29, 0.717) is 10.7 Å². The summed E-state index contributed by atoms with van der Waals surface area (Å²) in [6, 6.07) is 3.24. The molecule has 0 spiro atoms. The first-order valence-corrected chi connectivity index (χ1v) is 5.25. The molecule has 0 amide bonds. The lowest BCUT2D eigenvalue weighted by Gasteiger charge is -2.04. The highest BCUT2D eigenvalue weighted by atomic mass is 35.5. The highest BCUT2D eigenvalue weighted by molar-refractivity contribution is 6.29. The van der Waals surface area contributed by atoms with Gasteiger partial charge in [-0.3, -0.25) is 14.7 Å². The van der Waals surface area contributed by atoms with Gasteiger partial charge in [0.1, 0.15) is 11.3 Å². The van der Waals surface area contributed by atoms with Gasteiger partial charge in [0.2, 0.25) is 0 Å². The van der Waals surface area contributed by atoms with E-state index in [2.05, 4.69) is 9.97 Å². The zero-order valence-corrected chi connectivity index (χ0v) is 9.74. The van der Waals surface area contributed by atoms with E-state index in [0.717, 1.165) is 17.0 Å². The van der Waals surface area contributed by atoms with Crippen LogP contribution in [0.4, 0.5) is 5.69 Å². The quantitative estimate of drug-likeness (QED) is 0.474. The summed E-state index contributed by atoms with van der Waals surface area (Å²) in [5.74, 6) is 0. The van der Waals surface area contributed by atoms with Crippen molar-refractivity contribution in [3.8, 4) is 0 Å². The molecular formula is C10H7ClN4O3. The second-order valence-electron chi connectivity index (χ2n) is 3.47. The molecule has 0 unspecified atom stereocenters. The minimum absolute atomic E-state index is 0.149. The molecular weight excluding hydrogens is 260 g/mol. The fourth-order valence-electron chi connectivity index (χ4n) is 1.39. The Hall–Kier alpha value is -2.28. The van der Waals surface area contributed by atoms with Crippen LogP contribution in [0.2, 0.25) is 5.15 Å². The largest absolute Gasteiger partial charge is 0.348 e. The standard InChI is InChI=1S/C10H7ClN4O3/c11-9-3-7(1-2-12-9)5-14-6-8(15(17)18)4-13-10(14)16/h1-4,6H,5H2. The predicted molar refractivity (Wildman–Crippen MR) is 63.5 cm³/mol. The summed E-state index contributed by atoms with van der Waals surface area (Å²) in [4.78, 5) is 28.7. The Labute approximate surface area is 106 Å². The monoisotopic (exact) mass is 266 g/mol. The van der Waals surface area contributed by atoms with E-state index in [1.807, 2.05) is 0 Å². The van der Waals surface area contributed by atoms with Crippen LogP contribution in [0, 0.1) is 10.1 Å². The van der Waals surface area contributed by atoms with Gasteiger partial charge in [-0.05, 0) is 17.7 Å². The van der Waals surface area contributed by atoms with Gasteiger partial charge in [0.05, 0.1) is 17.7 Å². The van der Waals surface area contributed by atoms with Crippen molar-refractivity contribution in [1.29, 1.82) is 0 Å². The summed E-state index contributed by atoms with van der Waals surface area (Å²) in [6.45, 7) is 0.149. The van der Waals surface area contributed by atoms with E-state index in [4.69, 9.17) is 11.6 Å². The summed E-state index contributed by atoms with van der Waals surface area (Å²) in [5.41, 5.74) is -0.0947. The summed E-state index contributed by atoms with van der Waals surface area (Å²) >= 11 is 5.71. The molecule has 2 rings (SSSR count). The number of nitro groups is 1. The maximum Gasteiger partial charge on any atom is 0.348 e. The summed E-state index contributed by atoms with van der Waals surface area (Å²) < 4.78 is 1.14. The number of hydrogen-bond donors (Lipinski definition) is 0. The highest BCUT2D eigenvalue weighted by Crippen LogP contribution is 2.10. The molecule has 8 heteroatoms. The fraction of sp³-hybridized carbons (Fsp3) is 0.100. The maximum absolute atomic E-state index is 11.5. The van der Waals surface area contributed by atoms with Crippen LogP contribution in [0.15, 0.2) is 35.5 Å². The van der Waals surface area contributed by atoms with Gasteiger partial charge >= 0.3 is 11.4 Å². The van der Waals surface area contributed by atoms with Crippen LogP contribution in [0.3, 0.4) is 0 Å². The van der Waals surface area contributed by atoms with Crippen LogP contribution in [-0.2, 0) is 6.54 Å². The molecule has 0 radical (unpaired) electrons. The van der Waals surface area contributed by atoms with Crippen LogP contribution in [0.25, 0.3) is 0 Å². The number of hydrogen-bond acceptors (Lipinski definition) is 5. The third-order valence-electron chi connectivity index (χ3n) is 2.20. The Bertz CT molecular complexity index is 656. The molecule has 0 bridgehead atoms. The lowest BCUT2D eigenvalue weighted by molar-refractivity contribution is -0.385. The molecule has 0 aromatic carbocycles. The molecule has 2 aromatic rings. The number of nitrogens with zero attached hydrogens (tertiary/aromatic N) is 4. The second kappa shape index (κ2) is 4.92. The highest BCUT2D eigenvalue weighted by Gasteiger charge is 2.09. The van der Waals surface area contributed by atoms with Crippen molar-refractivity contribution in [3.63, 3.8) is 0 Å². The van der Waals surface area contributed by atoms with Crippen molar-refractivity contribution in [2.75, 3.05) is 0 Å². The van der Waals surface area contributed by atoms with E-state index >= 15 is 0 Å². The molecule has 92 valence electrons. The van der Waals surface area contributed by atoms with Crippen molar-refractivity contribution in [3.05, 3.63) is 62.0 Å². The predicted octanol–water partition coefficient (Wildman–Crippen LogP) is 1.25. The first-order valence-electron chi connectivity index (χ1n) is 4.87. The van der Waals surface area contributed by atoms with Crippen molar-refractivity contribution in [2.24, 2.45) is 0 Å². The lowest BCUT2D eigenvalue weighted by Crippen LogP contribution is -2.23. The number of rotatable bonds is 3. The van der Waals surface area contributed by atoms with Gasteiger partial charge in [-0.25, -0.2) is 9.78 Å². The van der Waals surface area contributed by atoms with Gasteiger partial charge in [-0.1, -0.05) is 11.6 Å². The average Bonchev–Trinajstić information content (AvgIpc) is 2.31. The molecule has 0 N–H and O–H groups in total. The number of pyridine rings is 1. The van der Waals surface area contributed by atoms with Crippen LogP contribution in [0.1, 0.15) is 5.56 Å². The van der Waals surface area contributed by atoms with Crippen LogP contribution in [0.5, 0.6) is 0 Å². The molecule has 0 fully saturated rings. The fourth-order valence-corrected chi connectivity index (χ4v) is 1.59. The van der Waals surface area contributed by atoms with Gasteiger partial charge in [0.25, 0.3) is 0 Å². The van der Waals surface area contributed by atoms with Gasteiger partial charge in [0, 0.05) is 6.20 Å².